The average molecular weight is 164 g/mol. The second-order valence-electron chi connectivity index (χ2n) is 3.39. The Labute approximate surface area is 74.0 Å². The van der Waals surface area contributed by atoms with Crippen molar-refractivity contribution in [3.63, 3.8) is 0 Å². The largest absolute Gasteiger partial charge is 0.398 e. The molecule has 0 fully saturated rings. The number of rotatable bonds is 2. The van der Waals surface area contributed by atoms with Crippen LogP contribution < -0.4 is 5.73 Å². The summed E-state index contributed by atoms with van der Waals surface area (Å²) in [5.74, 6) is 0. The molecule has 2 N–H and O–H groups in total. The van der Waals surface area contributed by atoms with Gasteiger partial charge in [-0.05, 0) is 32.1 Å². The number of anilines is 1. The second-order valence-corrected chi connectivity index (χ2v) is 3.39. The first-order valence-electron chi connectivity index (χ1n) is 4.10. The third-order valence-electron chi connectivity index (χ3n) is 1.90. The zero-order valence-electron chi connectivity index (χ0n) is 7.96. The molecule has 0 heterocycles. The Morgan fingerprint density at radius 2 is 2.00 bits per heavy atom. The topological polar surface area (TPSA) is 29.3 Å². The Bertz CT molecular complexity index is 267. The van der Waals surface area contributed by atoms with Gasteiger partial charge in [-0.15, -0.1) is 0 Å². The number of nitrogen functional groups attached to an aromatic ring is 1. The minimum Gasteiger partial charge on any atom is -0.398 e. The SMILES string of the molecule is Cc1cccc(CN(C)C)c1N. The number of aryl methyl sites for hydroxylation is 1. The van der Waals surface area contributed by atoms with Gasteiger partial charge in [0.1, 0.15) is 0 Å². The zero-order valence-corrected chi connectivity index (χ0v) is 7.96. The molecular weight excluding hydrogens is 148 g/mol. The van der Waals surface area contributed by atoms with E-state index in [1.807, 2.05) is 33.2 Å². The average Bonchev–Trinajstić information content (AvgIpc) is 1.98. The third kappa shape index (κ3) is 1.98. The molecule has 0 aliphatic rings. The quantitative estimate of drug-likeness (QED) is 0.673. The molecular formula is C10H16N2. The van der Waals surface area contributed by atoms with Crippen LogP contribution in [0.4, 0.5) is 5.69 Å². The number of nitrogens with two attached hydrogens (primary N) is 1. The monoisotopic (exact) mass is 164 g/mol. The van der Waals surface area contributed by atoms with Crippen molar-refractivity contribution < 1.29 is 0 Å². The molecule has 2 heteroatoms. The van der Waals surface area contributed by atoms with E-state index in [2.05, 4.69) is 11.0 Å². The van der Waals surface area contributed by atoms with Crippen LogP contribution in [0.25, 0.3) is 0 Å². The van der Waals surface area contributed by atoms with Gasteiger partial charge in [-0.2, -0.15) is 0 Å². The summed E-state index contributed by atoms with van der Waals surface area (Å²) >= 11 is 0. The first kappa shape index (κ1) is 9.07. The Hall–Kier alpha value is -1.02. The number of benzene rings is 1. The van der Waals surface area contributed by atoms with Crippen LogP contribution in [0.3, 0.4) is 0 Å². The predicted octanol–water partition coefficient (Wildman–Crippen LogP) is 1.64. The maximum absolute atomic E-state index is 5.90. The van der Waals surface area contributed by atoms with Crippen molar-refractivity contribution in [2.24, 2.45) is 0 Å². The van der Waals surface area contributed by atoms with Crippen LogP contribution in [-0.4, -0.2) is 19.0 Å². The van der Waals surface area contributed by atoms with Crippen LogP contribution in [0, 0.1) is 6.92 Å². The smallest absolute Gasteiger partial charge is 0.0389 e. The molecule has 1 rings (SSSR count). The Morgan fingerprint density at radius 3 is 2.58 bits per heavy atom. The molecule has 1 aromatic rings. The molecule has 0 amide bonds. The molecule has 0 bridgehead atoms. The van der Waals surface area contributed by atoms with Gasteiger partial charge in [0.05, 0.1) is 0 Å². The van der Waals surface area contributed by atoms with E-state index in [-0.39, 0.29) is 0 Å². The fourth-order valence-corrected chi connectivity index (χ4v) is 1.22. The highest BCUT2D eigenvalue weighted by atomic mass is 15.0. The van der Waals surface area contributed by atoms with Gasteiger partial charge in [-0.3, -0.25) is 0 Å². The first-order chi connectivity index (χ1) is 5.61. The summed E-state index contributed by atoms with van der Waals surface area (Å²) in [6, 6.07) is 6.15. The molecule has 1 aromatic carbocycles. The number of hydrogen-bond donors (Lipinski definition) is 1. The van der Waals surface area contributed by atoms with Crippen molar-refractivity contribution in [2.45, 2.75) is 13.5 Å². The Kier molecular flexibility index (Phi) is 2.71. The van der Waals surface area contributed by atoms with Crippen molar-refractivity contribution in [3.8, 4) is 0 Å². The molecule has 0 saturated heterocycles. The fraction of sp³-hybridized carbons (Fsp3) is 0.400. The maximum Gasteiger partial charge on any atom is 0.0389 e. The molecule has 0 aliphatic heterocycles. The van der Waals surface area contributed by atoms with Crippen LogP contribution in [0.1, 0.15) is 11.1 Å². The molecule has 0 saturated carbocycles. The molecule has 0 aromatic heterocycles. The molecule has 0 unspecified atom stereocenters. The molecule has 0 aliphatic carbocycles. The van der Waals surface area contributed by atoms with E-state index in [0.29, 0.717) is 0 Å². The van der Waals surface area contributed by atoms with E-state index < -0.39 is 0 Å². The van der Waals surface area contributed by atoms with Crippen molar-refractivity contribution in [1.29, 1.82) is 0 Å². The highest BCUT2D eigenvalue weighted by Gasteiger charge is 2.01. The fourth-order valence-electron chi connectivity index (χ4n) is 1.22. The van der Waals surface area contributed by atoms with Gasteiger partial charge in [-0.1, -0.05) is 18.2 Å². The lowest BCUT2D eigenvalue weighted by atomic mass is 10.1. The molecule has 0 radical (unpaired) electrons. The minimum atomic E-state index is 0.910. The van der Waals surface area contributed by atoms with Crippen molar-refractivity contribution in [2.75, 3.05) is 19.8 Å². The lowest BCUT2D eigenvalue weighted by molar-refractivity contribution is 0.403. The standard InChI is InChI=1S/C10H16N2/c1-8-5-4-6-9(10(8)11)7-12(2)3/h4-6H,7,11H2,1-3H3. The van der Waals surface area contributed by atoms with Gasteiger partial charge in [0.25, 0.3) is 0 Å². The number of hydrogen-bond acceptors (Lipinski definition) is 2. The number of para-hydroxylation sites is 1. The summed E-state index contributed by atoms with van der Waals surface area (Å²) in [4.78, 5) is 2.12. The van der Waals surface area contributed by atoms with E-state index in [1.54, 1.807) is 0 Å². The molecule has 66 valence electrons. The normalized spacial score (nSPS) is 10.7. The van der Waals surface area contributed by atoms with Gasteiger partial charge in [0.15, 0.2) is 0 Å². The summed E-state index contributed by atoms with van der Waals surface area (Å²) in [7, 11) is 4.09. The van der Waals surface area contributed by atoms with Gasteiger partial charge in [0.2, 0.25) is 0 Å². The van der Waals surface area contributed by atoms with E-state index in [0.717, 1.165) is 17.8 Å². The summed E-state index contributed by atoms with van der Waals surface area (Å²) in [6.45, 7) is 2.95. The predicted molar refractivity (Wildman–Crippen MR) is 53.0 cm³/mol. The Balaban J connectivity index is 2.92. The van der Waals surface area contributed by atoms with Crippen molar-refractivity contribution in [3.05, 3.63) is 29.3 Å². The van der Waals surface area contributed by atoms with Crippen LogP contribution in [0.15, 0.2) is 18.2 Å². The highest BCUT2D eigenvalue weighted by molar-refractivity contribution is 5.52. The van der Waals surface area contributed by atoms with E-state index in [9.17, 15) is 0 Å². The van der Waals surface area contributed by atoms with Crippen LogP contribution >= 0.6 is 0 Å². The molecule has 0 spiro atoms. The van der Waals surface area contributed by atoms with E-state index in [1.165, 1.54) is 5.56 Å². The lowest BCUT2D eigenvalue weighted by Crippen LogP contribution is -2.12. The minimum absolute atomic E-state index is 0.910. The summed E-state index contributed by atoms with van der Waals surface area (Å²) in [6.07, 6.45) is 0. The molecule has 2 nitrogen and oxygen atoms in total. The highest BCUT2D eigenvalue weighted by Crippen LogP contribution is 2.16. The molecule has 0 atom stereocenters. The third-order valence-corrected chi connectivity index (χ3v) is 1.90. The lowest BCUT2D eigenvalue weighted by Gasteiger charge is -2.12. The Morgan fingerprint density at radius 1 is 1.33 bits per heavy atom. The molecule has 12 heavy (non-hydrogen) atoms. The van der Waals surface area contributed by atoms with Crippen molar-refractivity contribution in [1.82, 2.24) is 4.90 Å². The second kappa shape index (κ2) is 3.59. The van der Waals surface area contributed by atoms with Gasteiger partial charge in [0, 0.05) is 12.2 Å². The van der Waals surface area contributed by atoms with Crippen LogP contribution in [-0.2, 0) is 6.54 Å². The number of nitrogens with zero attached hydrogens (tertiary/aromatic N) is 1. The zero-order chi connectivity index (χ0) is 9.14. The van der Waals surface area contributed by atoms with Crippen molar-refractivity contribution >= 4 is 5.69 Å². The van der Waals surface area contributed by atoms with Gasteiger partial charge in [-0.25, -0.2) is 0 Å². The van der Waals surface area contributed by atoms with E-state index >= 15 is 0 Å². The van der Waals surface area contributed by atoms with Crippen LogP contribution in [0.5, 0.6) is 0 Å². The summed E-state index contributed by atoms with van der Waals surface area (Å²) in [5, 5.41) is 0. The van der Waals surface area contributed by atoms with Gasteiger partial charge < -0.3 is 10.6 Å². The first-order valence-corrected chi connectivity index (χ1v) is 4.10. The van der Waals surface area contributed by atoms with Crippen LogP contribution in [0.2, 0.25) is 0 Å². The summed E-state index contributed by atoms with van der Waals surface area (Å²) in [5.41, 5.74) is 9.20. The summed E-state index contributed by atoms with van der Waals surface area (Å²) < 4.78 is 0. The maximum atomic E-state index is 5.90. The van der Waals surface area contributed by atoms with Gasteiger partial charge >= 0.3 is 0 Å². The van der Waals surface area contributed by atoms with E-state index in [4.69, 9.17) is 5.73 Å².